The van der Waals surface area contributed by atoms with Crippen molar-refractivity contribution >= 4 is 18.4 Å². The topological polar surface area (TPSA) is 29.5 Å². The van der Waals surface area contributed by atoms with Crippen LogP contribution in [0.25, 0.3) is 0 Å². The lowest BCUT2D eigenvalue weighted by Crippen LogP contribution is -2.70. The molecule has 148 valence electrons. The fraction of sp³-hybridized carbons (Fsp3) is 0.696. The van der Waals surface area contributed by atoms with Gasteiger partial charge in [0.1, 0.15) is 0 Å². The Hall–Kier alpha value is -1.06. The first-order chi connectivity index (χ1) is 12.7. The zero-order valence-corrected chi connectivity index (χ0v) is 17.3. The molecule has 3 unspecified atom stereocenters. The van der Waals surface area contributed by atoms with Gasteiger partial charge in [-0.1, -0.05) is 31.2 Å². The fourth-order valence-electron chi connectivity index (χ4n) is 6.62. The predicted molar refractivity (Wildman–Crippen MR) is 109 cm³/mol. The molecular weight excluding hydrogens is 358 g/mol. The van der Waals surface area contributed by atoms with Gasteiger partial charge in [0.2, 0.25) is 0 Å². The average molecular weight is 390 g/mol. The van der Waals surface area contributed by atoms with E-state index in [-0.39, 0.29) is 29.7 Å². The van der Waals surface area contributed by atoms with E-state index < -0.39 is 0 Å². The number of fused-ring (bicyclic) bond motifs is 2. The molecule has 27 heavy (non-hydrogen) atoms. The van der Waals surface area contributed by atoms with Gasteiger partial charge < -0.3 is 4.74 Å². The molecule has 2 heterocycles. The SMILES string of the molecule is CCOC(=O)[C@H]1CC2C3Cc4ccccc4[C@@]2(CC)CC1N3CC1CC1.Cl. The minimum absolute atomic E-state index is 0. The third-order valence-corrected chi connectivity index (χ3v) is 7.94. The first kappa shape index (κ1) is 19.3. The highest BCUT2D eigenvalue weighted by Gasteiger charge is 2.62. The molecule has 0 radical (unpaired) electrons. The van der Waals surface area contributed by atoms with Crippen molar-refractivity contribution < 1.29 is 9.53 Å². The van der Waals surface area contributed by atoms with Gasteiger partial charge in [-0.2, -0.15) is 0 Å². The summed E-state index contributed by atoms with van der Waals surface area (Å²) in [5.74, 6) is 1.60. The van der Waals surface area contributed by atoms with Gasteiger partial charge in [-0.15, -0.1) is 12.4 Å². The summed E-state index contributed by atoms with van der Waals surface area (Å²) in [6, 6.07) is 10.1. The second kappa shape index (κ2) is 7.08. The maximum atomic E-state index is 12.7. The number of benzene rings is 1. The van der Waals surface area contributed by atoms with Crippen LogP contribution in [0, 0.1) is 17.8 Å². The van der Waals surface area contributed by atoms with E-state index in [9.17, 15) is 4.79 Å². The van der Waals surface area contributed by atoms with Crippen molar-refractivity contribution in [3.8, 4) is 0 Å². The number of piperidine rings is 2. The highest BCUT2D eigenvalue weighted by atomic mass is 35.5. The van der Waals surface area contributed by atoms with E-state index in [4.69, 9.17) is 4.74 Å². The van der Waals surface area contributed by atoms with Gasteiger partial charge in [0.05, 0.1) is 12.5 Å². The standard InChI is InChI=1S/C23H31NO2.ClH/c1-3-23-13-21-17(22(25)26-4-2)12-19(23)20(24(21)14-15-9-10-15)11-16-7-5-6-8-18(16)23;/h5-8,15,17,19-21H,3-4,9-14H2,1-2H3;1H/t17-,19?,20?,21?,23+;/m0./s1. The Morgan fingerprint density at radius 1 is 1.22 bits per heavy atom. The number of rotatable bonds is 5. The molecule has 3 aliphatic carbocycles. The van der Waals surface area contributed by atoms with Crippen LogP contribution >= 0.6 is 12.4 Å². The van der Waals surface area contributed by atoms with E-state index in [1.807, 2.05) is 6.92 Å². The van der Waals surface area contributed by atoms with E-state index in [1.165, 1.54) is 32.2 Å². The monoisotopic (exact) mass is 389 g/mol. The zero-order valence-electron chi connectivity index (χ0n) is 16.5. The van der Waals surface area contributed by atoms with E-state index in [0.29, 0.717) is 24.6 Å². The molecule has 5 aliphatic rings. The molecule has 2 saturated carbocycles. The fourth-order valence-corrected chi connectivity index (χ4v) is 6.62. The number of hydrogen-bond acceptors (Lipinski definition) is 3. The molecule has 2 aliphatic heterocycles. The number of esters is 1. The summed E-state index contributed by atoms with van der Waals surface area (Å²) in [5.41, 5.74) is 3.42. The second-order valence-electron chi connectivity index (χ2n) is 9.05. The minimum Gasteiger partial charge on any atom is -0.466 e. The number of nitrogens with zero attached hydrogens (tertiary/aromatic N) is 1. The minimum atomic E-state index is 0. The number of carbonyl (C=O) groups excluding carboxylic acids is 1. The molecule has 4 fully saturated rings. The highest BCUT2D eigenvalue weighted by Crippen LogP contribution is 2.60. The zero-order chi connectivity index (χ0) is 17.9. The third-order valence-electron chi connectivity index (χ3n) is 7.94. The second-order valence-corrected chi connectivity index (χ2v) is 9.05. The summed E-state index contributed by atoms with van der Waals surface area (Å²) in [7, 11) is 0. The van der Waals surface area contributed by atoms with Crippen LogP contribution in [0.3, 0.4) is 0 Å². The van der Waals surface area contributed by atoms with Crippen molar-refractivity contribution in [2.75, 3.05) is 13.2 Å². The molecule has 0 amide bonds. The summed E-state index contributed by atoms with van der Waals surface area (Å²) >= 11 is 0. The third kappa shape index (κ3) is 2.84. The normalized spacial score (nSPS) is 36.7. The van der Waals surface area contributed by atoms with Crippen molar-refractivity contribution in [3.63, 3.8) is 0 Å². The van der Waals surface area contributed by atoms with Gasteiger partial charge in [-0.3, -0.25) is 9.69 Å². The van der Waals surface area contributed by atoms with E-state index in [0.717, 1.165) is 18.8 Å². The Bertz CT molecular complexity index is 718. The maximum absolute atomic E-state index is 12.7. The molecule has 0 spiro atoms. The quantitative estimate of drug-likeness (QED) is 0.700. The summed E-state index contributed by atoms with van der Waals surface area (Å²) in [6.07, 6.45) is 7.27. The van der Waals surface area contributed by atoms with Crippen LogP contribution in [0.2, 0.25) is 0 Å². The summed E-state index contributed by atoms with van der Waals surface area (Å²) in [4.78, 5) is 15.5. The van der Waals surface area contributed by atoms with Crippen LogP contribution in [0.1, 0.15) is 57.1 Å². The van der Waals surface area contributed by atoms with Gasteiger partial charge >= 0.3 is 5.97 Å². The molecule has 6 rings (SSSR count). The van der Waals surface area contributed by atoms with E-state index >= 15 is 0 Å². The molecular formula is C23H32ClNO2. The van der Waals surface area contributed by atoms with Crippen LogP contribution in [-0.2, 0) is 21.4 Å². The number of ether oxygens (including phenoxy) is 1. The molecule has 4 bridgehead atoms. The molecule has 2 saturated heterocycles. The molecule has 0 N–H and O–H groups in total. The Kier molecular flexibility index (Phi) is 5.05. The van der Waals surface area contributed by atoms with Crippen LogP contribution in [-0.4, -0.2) is 36.1 Å². The van der Waals surface area contributed by atoms with Gasteiger partial charge in [0.15, 0.2) is 0 Å². The average Bonchev–Trinajstić information content (AvgIpc) is 3.48. The largest absolute Gasteiger partial charge is 0.466 e. The first-order valence-electron chi connectivity index (χ1n) is 10.7. The first-order valence-corrected chi connectivity index (χ1v) is 10.7. The van der Waals surface area contributed by atoms with Crippen LogP contribution in [0.4, 0.5) is 0 Å². The Morgan fingerprint density at radius 3 is 2.70 bits per heavy atom. The highest BCUT2D eigenvalue weighted by molar-refractivity contribution is 5.85. The summed E-state index contributed by atoms with van der Waals surface area (Å²) in [5, 5.41) is 0. The Labute approximate surface area is 169 Å². The van der Waals surface area contributed by atoms with Gasteiger partial charge in [0, 0.05) is 24.0 Å². The molecule has 1 aromatic carbocycles. The summed E-state index contributed by atoms with van der Waals surface area (Å²) < 4.78 is 5.50. The van der Waals surface area contributed by atoms with Gasteiger partial charge in [-0.25, -0.2) is 0 Å². The predicted octanol–water partition coefficient (Wildman–Crippen LogP) is 4.36. The van der Waals surface area contributed by atoms with Crippen molar-refractivity contribution in [2.24, 2.45) is 17.8 Å². The van der Waals surface area contributed by atoms with E-state index in [2.05, 4.69) is 36.1 Å². The van der Waals surface area contributed by atoms with Crippen molar-refractivity contribution in [1.29, 1.82) is 0 Å². The van der Waals surface area contributed by atoms with Gasteiger partial charge in [0.25, 0.3) is 0 Å². The van der Waals surface area contributed by atoms with Crippen molar-refractivity contribution in [2.45, 2.75) is 69.9 Å². The lowest BCUT2D eigenvalue weighted by Gasteiger charge is -2.65. The Morgan fingerprint density at radius 2 is 2.00 bits per heavy atom. The van der Waals surface area contributed by atoms with Gasteiger partial charge in [-0.05, 0) is 68.4 Å². The summed E-state index contributed by atoms with van der Waals surface area (Å²) in [6.45, 7) is 5.99. The molecule has 1 aromatic rings. The van der Waals surface area contributed by atoms with Crippen LogP contribution < -0.4 is 0 Å². The maximum Gasteiger partial charge on any atom is 0.310 e. The number of halogens is 1. The van der Waals surface area contributed by atoms with Crippen LogP contribution in [0.5, 0.6) is 0 Å². The number of hydrogen-bond donors (Lipinski definition) is 0. The Balaban J connectivity index is 0.00000180. The number of carbonyl (C=O) groups is 1. The van der Waals surface area contributed by atoms with E-state index in [1.54, 1.807) is 11.1 Å². The molecule has 0 aromatic heterocycles. The lowest BCUT2D eigenvalue weighted by molar-refractivity contribution is -0.168. The van der Waals surface area contributed by atoms with Crippen molar-refractivity contribution in [3.05, 3.63) is 35.4 Å². The molecule has 5 atom stereocenters. The van der Waals surface area contributed by atoms with Crippen LogP contribution in [0.15, 0.2) is 24.3 Å². The smallest absolute Gasteiger partial charge is 0.310 e. The molecule has 3 nitrogen and oxygen atoms in total. The van der Waals surface area contributed by atoms with Crippen molar-refractivity contribution in [1.82, 2.24) is 4.90 Å². The molecule has 4 heteroatoms. The lowest BCUT2D eigenvalue weighted by atomic mass is 9.48.